The second-order valence-electron chi connectivity index (χ2n) is 3.92. The van der Waals surface area contributed by atoms with E-state index in [1.807, 2.05) is 42.5 Å². The van der Waals surface area contributed by atoms with Gasteiger partial charge in [-0.25, -0.2) is 4.79 Å². The second-order valence-corrected chi connectivity index (χ2v) is 3.92. The van der Waals surface area contributed by atoms with Gasteiger partial charge in [0.2, 0.25) is 0 Å². The standard InChI is InChI=1S/C16H15NO2/c1-2-19-16(18)11-8-13-6-9-14(10-7-13)15-5-3-4-12-17-15/h3-12H,2H2,1H3. The molecular weight excluding hydrogens is 238 g/mol. The average Bonchev–Trinajstić information content (AvgIpc) is 2.47. The van der Waals surface area contributed by atoms with Crippen molar-refractivity contribution in [2.45, 2.75) is 6.92 Å². The quantitative estimate of drug-likeness (QED) is 0.619. The average molecular weight is 253 g/mol. The Morgan fingerprint density at radius 2 is 2.00 bits per heavy atom. The van der Waals surface area contributed by atoms with Crippen LogP contribution < -0.4 is 0 Å². The molecule has 0 bridgehead atoms. The molecule has 0 atom stereocenters. The molecule has 1 aromatic heterocycles. The molecule has 1 aromatic carbocycles. The number of rotatable bonds is 4. The lowest BCUT2D eigenvalue weighted by atomic mass is 10.1. The molecule has 0 unspecified atom stereocenters. The van der Waals surface area contributed by atoms with Gasteiger partial charge >= 0.3 is 5.97 Å². The van der Waals surface area contributed by atoms with Crippen molar-refractivity contribution in [1.29, 1.82) is 0 Å². The van der Waals surface area contributed by atoms with Crippen LogP contribution >= 0.6 is 0 Å². The highest BCUT2D eigenvalue weighted by Crippen LogP contribution is 2.17. The molecule has 0 aliphatic carbocycles. The molecule has 0 aliphatic rings. The Bertz CT molecular complexity index is 559. The molecule has 3 nitrogen and oxygen atoms in total. The minimum absolute atomic E-state index is 0.323. The van der Waals surface area contributed by atoms with Crippen LogP contribution in [0.3, 0.4) is 0 Å². The number of benzene rings is 1. The summed E-state index contributed by atoms with van der Waals surface area (Å²) < 4.78 is 4.82. The van der Waals surface area contributed by atoms with Crippen molar-refractivity contribution in [3.05, 3.63) is 60.3 Å². The maximum Gasteiger partial charge on any atom is 0.330 e. The van der Waals surface area contributed by atoms with E-state index in [2.05, 4.69) is 4.98 Å². The number of hydrogen-bond acceptors (Lipinski definition) is 3. The summed E-state index contributed by atoms with van der Waals surface area (Å²) in [7, 11) is 0. The highest BCUT2D eigenvalue weighted by atomic mass is 16.5. The van der Waals surface area contributed by atoms with Crippen molar-refractivity contribution in [2.75, 3.05) is 6.61 Å². The SMILES string of the molecule is CCOC(=O)C=Cc1ccc(-c2ccccn2)cc1. The molecule has 1 heterocycles. The first-order valence-corrected chi connectivity index (χ1v) is 6.16. The Morgan fingerprint density at radius 3 is 2.63 bits per heavy atom. The first kappa shape index (κ1) is 13.0. The van der Waals surface area contributed by atoms with Gasteiger partial charge in [-0.1, -0.05) is 30.3 Å². The number of aromatic nitrogens is 1. The number of ether oxygens (including phenoxy) is 1. The maximum absolute atomic E-state index is 11.2. The van der Waals surface area contributed by atoms with Gasteiger partial charge in [-0.2, -0.15) is 0 Å². The van der Waals surface area contributed by atoms with Gasteiger partial charge in [0.1, 0.15) is 0 Å². The molecule has 96 valence electrons. The second kappa shape index (κ2) is 6.50. The highest BCUT2D eigenvalue weighted by molar-refractivity contribution is 5.87. The Hall–Kier alpha value is -2.42. The maximum atomic E-state index is 11.2. The summed E-state index contributed by atoms with van der Waals surface area (Å²) in [6.07, 6.45) is 4.93. The van der Waals surface area contributed by atoms with Gasteiger partial charge in [-0.15, -0.1) is 0 Å². The van der Waals surface area contributed by atoms with E-state index in [0.717, 1.165) is 16.8 Å². The first-order chi connectivity index (χ1) is 9.29. The normalized spacial score (nSPS) is 10.6. The molecule has 2 rings (SSSR count). The third-order valence-corrected chi connectivity index (χ3v) is 2.57. The summed E-state index contributed by atoms with van der Waals surface area (Å²) in [4.78, 5) is 15.5. The summed E-state index contributed by atoms with van der Waals surface area (Å²) >= 11 is 0. The van der Waals surface area contributed by atoms with E-state index < -0.39 is 0 Å². The number of pyridine rings is 1. The van der Waals surface area contributed by atoms with Crippen LogP contribution in [0.5, 0.6) is 0 Å². The van der Waals surface area contributed by atoms with Crippen LogP contribution in [0.15, 0.2) is 54.7 Å². The van der Waals surface area contributed by atoms with E-state index in [-0.39, 0.29) is 5.97 Å². The highest BCUT2D eigenvalue weighted by Gasteiger charge is 1.98. The lowest BCUT2D eigenvalue weighted by Crippen LogP contribution is -1.98. The van der Waals surface area contributed by atoms with E-state index in [9.17, 15) is 4.79 Å². The van der Waals surface area contributed by atoms with Crippen molar-refractivity contribution in [3.8, 4) is 11.3 Å². The molecule has 0 saturated heterocycles. The van der Waals surface area contributed by atoms with Crippen LogP contribution in [-0.2, 0) is 9.53 Å². The predicted octanol–water partition coefficient (Wildman–Crippen LogP) is 3.32. The van der Waals surface area contributed by atoms with Crippen molar-refractivity contribution in [3.63, 3.8) is 0 Å². The molecule has 0 spiro atoms. The van der Waals surface area contributed by atoms with Gasteiger partial charge in [-0.3, -0.25) is 4.98 Å². The number of carbonyl (C=O) groups excluding carboxylic acids is 1. The van der Waals surface area contributed by atoms with Crippen molar-refractivity contribution in [1.82, 2.24) is 4.98 Å². The van der Waals surface area contributed by atoms with Crippen molar-refractivity contribution in [2.24, 2.45) is 0 Å². The molecule has 3 heteroatoms. The van der Waals surface area contributed by atoms with Gasteiger partial charge in [0.25, 0.3) is 0 Å². The molecular formula is C16H15NO2. The minimum atomic E-state index is -0.323. The summed E-state index contributed by atoms with van der Waals surface area (Å²) in [6.45, 7) is 2.18. The molecule has 0 N–H and O–H groups in total. The molecule has 0 radical (unpaired) electrons. The van der Waals surface area contributed by atoms with Crippen LogP contribution in [0.25, 0.3) is 17.3 Å². The van der Waals surface area contributed by atoms with E-state index in [4.69, 9.17) is 4.74 Å². The van der Waals surface area contributed by atoms with E-state index in [1.54, 1.807) is 19.2 Å². The van der Waals surface area contributed by atoms with E-state index in [0.29, 0.717) is 6.61 Å². The lowest BCUT2D eigenvalue weighted by Gasteiger charge is -2.00. The third kappa shape index (κ3) is 3.78. The first-order valence-electron chi connectivity index (χ1n) is 6.16. The van der Waals surface area contributed by atoms with Crippen LogP contribution in [-0.4, -0.2) is 17.6 Å². The number of nitrogens with zero attached hydrogens (tertiary/aromatic N) is 1. The smallest absolute Gasteiger partial charge is 0.330 e. The fourth-order valence-corrected chi connectivity index (χ4v) is 1.65. The predicted molar refractivity (Wildman–Crippen MR) is 75.3 cm³/mol. The Balaban J connectivity index is 2.09. The lowest BCUT2D eigenvalue weighted by molar-refractivity contribution is -0.137. The van der Waals surface area contributed by atoms with Crippen LogP contribution in [0, 0.1) is 0 Å². The number of carbonyl (C=O) groups is 1. The molecule has 0 amide bonds. The molecule has 0 saturated carbocycles. The van der Waals surface area contributed by atoms with Crippen LogP contribution in [0.2, 0.25) is 0 Å². The minimum Gasteiger partial charge on any atom is -0.463 e. The van der Waals surface area contributed by atoms with Gasteiger partial charge in [0.05, 0.1) is 12.3 Å². The monoisotopic (exact) mass is 253 g/mol. The zero-order valence-electron chi connectivity index (χ0n) is 10.7. The Kier molecular flexibility index (Phi) is 4.45. The Labute approximate surface area is 112 Å². The molecule has 2 aromatic rings. The van der Waals surface area contributed by atoms with E-state index >= 15 is 0 Å². The molecule has 0 fully saturated rings. The Morgan fingerprint density at radius 1 is 1.21 bits per heavy atom. The van der Waals surface area contributed by atoms with Gasteiger partial charge in [-0.05, 0) is 30.7 Å². The molecule has 0 aliphatic heterocycles. The topological polar surface area (TPSA) is 39.2 Å². The summed E-state index contributed by atoms with van der Waals surface area (Å²) in [5.74, 6) is -0.323. The summed E-state index contributed by atoms with van der Waals surface area (Å²) in [6, 6.07) is 13.7. The third-order valence-electron chi connectivity index (χ3n) is 2.57. The number of hydrogen-bond donors (Lipinski definition) is 0. The van der Waals surface area contributed by atoms with Gasteiger partial charge < -0.3 is 4.74 Å². The van der Waals surface area contributed by atoms with Gasteiger partial charge in [0.15, 0.2) is 0 Å². The van der Waals surface area contributed by atoms with Crippen molar-refractivity contribution >= 4 is 12.0 Å². The van der Waals surface area contributed by atoms with Gasteiger partial charge in [0, 0.05) is 17.8 Å². The zero-order valence-corrected chi connectivity index (χ0v) is 10.7. The zero-order chi connectivity index (χ0) is 13.5. The van der Waals surface area contributed by atoms with Crippen LogP contribution in [0.1, 0.15) is 12.5 Å². The van der Waals surface area contributed by atoms with Crippen molar-refractivity contribution < 1.29 is 9.53 Å². The van der Waals surface area contributed by atoms with E-state index in [1.165, 1.54) is 6.08 Å². The van der Waals surface area contributed by atoms with Crippen LogP contribution in [0.4, 0.5) is 0 Å². The fourth-order valence-electron chi connectivity index (χ4n) is 1.65. The number of esters is 1. The summed E-state index contributed by atoms with van der Waals surface area (Å²) in [5, 5.41) is 0. The molecule has 19 heavy (non-hydrogen) atoms. The fraction of sp³-hybridized carbons (Fsp3) is 0.125. The largest absolute Gasteiger partial charge is 0.463 e. The summed E-state index contributed by atoms with van der Waals surface area (Å²) in [5.41, 5.74) is 2.94.